The molecule has 2 heterocycles. The van der Waals surface area contributed by atoms with E-state index in [2.05, 4.69) is 23.1 Å². The lowest BCUT2D eigenvalue weighted by Gasteiger charge is -2.15. The number of phenols is 1. The van der Waals surface area contributed by atoms with Gasteiger partial charge in [-0.1, -0.05) is 18.2 Å². The van der Waals surface area contributed by atoms with Gasteiger partial charge in [0.05, 0.1) is 7.11 Å². The molecule has 1 aromatic heterocycles. The van der Waals surface area contributed by atoms with E-state index in [9.17, 15) is 5.11 Å². The number of fused-ring (bicyclic) bond motifs is 1. The van der Waals surface area contributed by atoms with Crippen LogP contribution in [0.2, 0.25) is 0 Å². The second kappa shape index (κ2) is 9.73. The maximum Gasteiger partial charge on any atom is 0.169 e. The Morgan fingerprint density at radius 3 is 2.42 bits per heavy atom. The van der Waals surface area contributed by atoms with Crippen molar-refractivity contribution < 1.29 is 19.3 Å². The molecule has 1 N–H and O–H groups in total. The first-order valence-corrected chi connectivity index (χ1v) is 12.0. The average molecular weight is 462 g/mol. The van der Waals surface area contributed by atoms with Crippen LogP contribution >= 0.6 is 11.3 Å². The first-order chi connectivity index (χ1) is 16.2. The number of likely N-dealkylation sites (tertiary alicyclic amines) is 1. The predicted octanol–water partition coefficient (Wildman–Crippen LogP) is 6.55. The second-order valence-electron chi connectivity index (χ2n) is 8.14. The minimum Gasteiger partial charge on any atom is -0.504 e. The van der Waals surface area contributed by atoms with Gasteiger partial charge in [0.1, 0.15) is 23.9 Å². The third kappa shape index (κ3) is 4.92. The minimum atomic E-state index is 0.0302. The standard InChI is InChI=1S/C27H27NO4S/c1-30-24-18-23(29)25(17-22(24)27-16-19-6-2-3-7-26(19)33-27)32-21-10-8-20(9-11-21)31-15-14-28-12-4-5-13-28/h2-3,6-11,16-18,29H,4-5,12-15H2,1H3. The highest BCUT2D eigenvalue weighted by atomic mass is 32.1. The predicted molar refractivity (Wildman–Crippen MR) is 133 cm³/mol. The molecule has 33 heavy (non-hydrogen) atoms. The zero-order chi connectivity index (χ0) is 22.6. The molecule has 0 bridgehead atoms. The van der Waals surface area contributed by atoms with Gasteiger partial charge in [0.2, 0.25) is 0 Å². The quantitative estimate of drug-likeness (QED) is 0.322. The Kier molecular flexibility index (Phi) is 6.37. The molecule has 0 saturated carbocycles. The molecule has 1 fully saturated rings. The van der Waals surface area contributed by atoms with Crippen LogP contribution in [-0.4, -0.2) is 43.4 Å². The van der Waals surface area contributed by atoms with Crippen molar-refractivity contribution in [3.05, 3.63) is 66.7 Å². The number of methoxy groups -OCH3 is 1. The number of nitrogens with zero attached hydrogens (tertiary/aromatic N) is 1. The van der Waals surface area contributed by atoms with Gasteiger partial charge in [-0.2, -0.15) is 0 Å². The van der Waals surface area contributed by atoms with Gasteiger partial charge in [-0.25, -0.2) is 0 Å². The average Bonchev–Trinajstić information content (AvgIpc) is 3.51. The Morgan fingerprint density at radius 2 is 1.67 bits per heavy atom. The third-order valence-electron chi connectivity index (χ3n) is 5.90. The molecule has 0 unspecified atom stereocenters. The number of rotatable bonds is 8. The van der Waals surface area contributed by atoms with Crippen LogP contribution in [0.4, 0.5) is 0 Å². The van der Waals surface area contributed by atoms with Crippen LogP contribution in [0.25, 0.3) is 20.5 Å². The van der Waals surface area contributed by atoms with Crippen LogP contribution in [0.5, 0.6) is 28.7 Å². The zero-order valence-electron chi connectivity index (χ0n) is 18.6. The number of hydrogen-bond donors (Lipinski definition) is 1. The first kappa shape index (κ1) is 21.6. The number of hydrogen-bond acceptors (Lipinski definition) is 6. The van der Waals surface area contributed by atoms with E-state index < -0.39 is 0 Å². The smallest absolute Gasteiger partial charge is 0.169 e. The lowest BCUT2D eigenvalue weighted by molar-refractivity contribution is 0.237. The summed E-state index contributed by atoms with van der Waals surface area (Å²) < 4.78 is 18.6. The number of thiophene rings is 1. The molecular formula is C27H27NO4S. The number of ether oxygens (including phenoxy) is 3. The van der Waals surface area contributed by atoms with Gasteiger partial charge in [0, 0.05) is 27.8 Å². The van der Waals surface area contributed by atoms with E-state index in [0.29, 0.717) is 23.9 Å². The fourth-order valence-electron chi connectivity index (χ4n) is 4.14. The molecule has 3 aromatic carbocycles. The summed E-state index contributed by atoms with van der Waals surface area (Å²) in [6.07, 6.45) is 2.57. The zero-order valence-corrected chi connectivity index (χ0v) is 19.4. The van der Waals surface area contributed by atoms with Crippen molar-refractivity contribution in [2.75, 3.05) is 33.4 Å². The van der Waals surface area contributed by atoms with Gasteiger partial charge < -0.3 is 19.3 Å². The molecule has 0 radical (unpaired) electrons. The second-order valence-corrected chi connectivity index (χ2v) is 9.22. The summed E-state index contributed by atoms with van der Waals surface area (Å²) in [6, 6.07) is 21.3. The highest BCUT2D eigenvalue weighted by Crippen LogP contribution is 2.44. The number of benzene rings is 3. The van der Waals surface area contributed by atoms with Crippen LogP contribution in [0.1, 0.15) is 12.8 Å². The largest absolute Gasteiger partial charge is 0.504 e. The monoisotopic (exact) mass is 461 g/mol. The molecular weight excluding hydrogens is 434 g/mol. The SMILES string of the molecule is COc1cc(O)c(Oc2ccc(OCCN3CCCC3)cc2)cc1-c1cc2ccccc2s1. The molecule has 1 aliphatic rings. The molecule has 0 atom stereocenters. The normalized spacial score (nSPS) is 14.0. The highest BCUT2D eigenvalue weighted by molar-refractivity contribution is 7.22. The van der Waals surface area contributed by atoms with E-state index in [-0.39, 0.29) is 5.75 Å². The van der Waals surface area contributed by atoms with Crippen molar-refractivity contribution in [1.82, 2.24) is 4.90 Å². The van der Waals surface area contributed by atoms with Gasteiger partial charge in [-0.3, -0.25) is 4.90 Å². The maximum atomic E-state index is 10.5. The summed E-state index contributed by atoms with van der Waals surface area (Å²) in [5, 5.41) is 11.7. The Hall–Kier alpha value is -3.22. The summed E-state index contributed by atoms with van der Waals surface area (Å²) >= 11 is 1.68. The van der Waals surface area contributed by atoms with E-state index in [1.165, 1.54) is 36.0 Å². The van der Waals surface area contributed by atoms with Crippen molar-refractivity contribution in [2.45, 2.75) is 12.8 Å². The molecule has 1 aliphatic heterocycles. The Labute approximate surface area is 197 Å². The van der Waals surface area contributed by atoms with E-state index in [0.717, 1.165) is 22.7 Å². The summed E-state index contributed by atoms with van der Waals surface area (Å²) in [5.41, 5.74) is 0.883. The van der Waals surface area contributed by atoms with E-state index in [4.69, 9.17) is 14.2 Å². The Bertz CT molecular complexity index is 1200. The summed E-state index contributed by atoms with van der Waals surface area (Å²) in [6.45, 7) is 3.98. The van der Waals surface area contributed by atoms with Crippen molar-refractivity contribution in [3.8, 4) is 39.2 Å². The molecule has 5 rings (SSSR count). The summed E-state index contributed by atoms with van der Waals surface area (Å²) in [7, 11) is 1.61. The fourth-order valence-corrected chi connectivity index (χ4v) is 5.22. The van der Waals surface area contributed by atoms with Crippen LogP contribution in [0.3, 0.4) is 0 Å². The maximum absolute atomic E-state index is 10.5. The minimum absolute atomic E-state index is 0.0302. The van der Waals surface area contributed by atoms with Gasteiger partial charge in [-0.05, 0) is 73.8 Å². The first-order valence-electron chi connectivity index (χ1n) is 11.2. The van der Waals surface area contributed by atoms with Crippen LogP contribution < -0.4 is 14.2 Å². The highest BCUT2D eigenvalue weighted by Gasteiger charge is 2.16. The summed E-state index contributed by atoms with van der Waals surface area (Å²) in [4.78, 5) is 3.48. The topological polar surface area (TPSA) is 51.2 Å². The van der Waals surface area contributed by atoms with Crippen molar-refractivity contribution in [3.63, 3.8) is 0 Å². The summed E-state index contributed by atoms with van der Waals surface area (Å²) in [5.74, 6) is 2.46. The lowest BCUT2D eigenvalue weighted by atomic mass is 10.1. The van der Waals surface area contributed by atoms with Gasteiger partial charge in [0.25, 0.3) is 0 Å². The van der Waals surface area contributed by atoms with Gasteiger partial charge in [0.15, 0.2) is 11.5 Å². The van der Waals surface area contributed by atoms with Crippen molar-refractivity contribution in [1.29, 1.82) is 0 Å². The van der Waals surface area contributed by atoms with E-state index >= 15 is 0 Å². The molecule has 0 spiro atoms. The van der Waals surface area contributed by atoms with Crippen LogP contribution in [-0.2, 0) is 0 Å². The Balaban J connectivity index is 1.32. The fraction of sp³-hybridized carbons (Fsp3) is 0.259. The number of aromatic hydroxyl groups is 1. The van der Waals surface area contributed by atoms with Crippen LogP contribution in [0, 0.1) is 0 Å². The van der Waals surface area contributed by atoms with E-state index in [1.807, 2.05) is 42.5 Å². The molecule has 4 aromatic rings. The molecule has 6 heteroatoms. The molecule has 5 nitrogen and oxygen atoms in total. The van der Waals surface area contributed by atoms with Gasteiger partial charge >= 0.3 is 0 Å². The van der Waals surface area contributed by atoms with Gasteiger partial charge in [-0.15, -0.1) is 11.3 Å². The third-order valence-corrected chi connectivity index (χ3v) is 7.05. The number of phenolic OH excluding ortho intramolecular Hbond substituents is 1. The van der Waals surface area contributed by atoms with Crippen LogP contribution in [0.15, 0.2) is 66.7 Å². The lowest BCUT2D eigenvalue weighted by Crippen LogP contribution is -2.25. The Morgan fingerprint density at radius 1 is 0.909 bits per heavy atom. The molecule has 1 saturated heterocycles. The van der Waals surface area contributed by atoms with Crippen molar-refractivity contribution in [2.24, 2.45) is 0 Å². The molecule has 0 aliphatic carbocycles. The molecule has 170 valence electrons. The van der Waals surface area contributed by atoms with E-state index in [1.54, 1.807) is 24.5 Å². The molecule has 0 amide bonds. The van der Waals surface area contributed by atoms with Crippen molar-refractivity contribution >= 4 is 21.4 Å².